The van der Waals surface area contributed by atoms with Crippen LogP contribution in [0.1, 0.15) is 31.2 Å². The molecular weight excluding hydrogens is 295 g/mol. The van der Waals surface area contributed by atoms with Crippen molar-refractivity contribution < 1.29 is 13.9 Å². The van der Waals surface area contributed by atoms with Gasteiger partial charge in [-0.15, -0.1) is 0 Å². The average Bonchev–Trinajstić information content (AvgIpc) is 2.95. The highest BCUT2D eigenvalue weighted by atomic mass is 19.1. The Labute approximate surface area is 134 Å². The smallest absolute Gasteiger partial charge is 0.308 e. The molecular formula is C18H19FN2O2. The van der Waals surface area contributed by atoms with Crippen molar-refractivity contribution in [3.05, 3.63) is 35.8 Å². The highest BCUT2D eigenvalue weighted by Crippen LogP contribution is 2.31. The summed E-state index contributed by atoms with van der Waals surface area (Å²) in [5, 5.41) is 9.80. The van der Waals surface area contributed by atoms with Gasteiger partial charge in [-0.1, -0.05) is 0 Å². The van der Waals surface area contributed by atoms with Crippen molar-refractivity contribution in [2.45, 2.75) is 32.2 Å². The number of benzene rings is 1. The Morgan fingerprint density at radius 2 is 2.13 bits per heavy atom. The summed E-state index contributed by atoms with van der Waals surface area (Å²) < 4.78 is 20.6. The van der Waals surface area contributed by atoms with Crippen molar-refractivity contribution in [1.29, 1.82) is 5.26 Å². The maximum absolute atomic E-state index is 13.7. The molecule has 0 aliphatic heterocycles. The molecule has 3 rings (SSSR count). The molecule has 0 unspecified atom stereocenters. The van der Waals surface area contributed by atoms with Gasteiger partial charge in [0.25, 0.3) is 0 Å². The molecule has 0 N–H and O–H groups in total. The molecule has 1 aromatic heterocycles. The summed E-state index contributed by atoms with van der Waals surface area (Å²) in [6.07, 6.45) is 5.61. The van der Waals surface area contributed by atoms with Crippen LogP contribution in [0.4, 0.5) is 4.39 Å². The standard InChI is InChI=1S/C18H19FN2O2/c1-23-18(22)13-4-2-12(3-5-13)11-21-7-6-14-8-16(19)15(10-20)9-17(14)21/h6-9,12-13H,2-5,11H2,1H3/t12-,13-. The molecule has 0 radical (unpaired) electrons. The molecule has 4 nitrogen and oxygen atoms in total. The molecule has 1 aliphatic rings. The summed E-state index contributed by atoms with van der Waals surface area (Å²) in [7, 11) is 1.44. The van der Waals surface area contributed by atoms with Crippen LogP contribution in [0, 0.1) is 29.0 Å². The van der Waals surface area contributed by atoms with E-state index >= 15 is 0 Å². The summed E-state index contributed by atoms with van der Waals surface area (Å²) in [6.45, 7) is 0.827. The van der Waals surface area contributed by atoms with E-state index in [1.165, 1.54) is 13.2 Å². The van der Waals surface area contributed by atoms with Crippen molar-refractivity contribution in [3.63, 3.8) is 0 Å². The number of fused-ring (bicyclic) bond motifs is 1. The number of carbonyl (C=O) groups is 1. The van der Waals surface area contributed by atoms with Gasteiger partial charge in [-0.05, 0) is 49.8 Å². The van der Waals surface area contributed by atoms with Gasteiger partial charge in [-0.2, -0.15) is 5.26 Å². The van der Waals surface area contributed by atoms with Crippen LogP contribution in [0.25, 0.3) is 10.9 Å². The second kappa shape index (κ2) is 6.41. The first-order valence-corrected chi connectivity index (χ1v) is 7.88. The fourth-order valence-electron chi connectivity index (χ4n) is 3.48. The lowest BCUT2D eigenvalue weighted by atomic mass is 9.82. The van der Waals surface area contributed by atoms with Gasteiger partial charge < -0.3 is 9.30 Å². The minimum absolute atomic E-state index is 0.0249. The third-order valence-electron chi connectivity index (χ3n) is 4.82. The summed E-state index contributed by atoms with van der Waals surface area (Å²) in [5.41, 5.74) is 0.963. The minimum atomic E-state index is -0.476. The zero-order valence-electron chi connectivity index (χ0n) is 13.1. The van der Waals surface area contributed by atoms with Crippen molar-refractivity contribution >= 4 is 16.9 Å². The van der Waals surface area contributed by atoms with E-state index < -0.39 is 5.82 Å². The summed E-state index contributed by atoms with van der Waals surface area (Å²) >= 11 is 0. The van der Waals surface area contributed by atoms with E-state index in [0.29, 0.717) is 5.92 Å². The predicted octanol–water partition coefficient (Wildman–Crippen LogP) is 3.63. The number of ether oxygens (including phenoxy) is 1. The van der Waals surface area contributed by atoms with Crippen LogP contribution in [0.15, 0.2) is 24.4 Å². The van der Waals surface area contributed by atoms with E-state index in [2.05, 4.69) is 4.57 Å². The molecule has 23 heavy (non-hydrogen) atoms. The number of rotatable bonds is 3. The third kappa shape index (κ3) is 3.07. The number of nitrogens with zero attached hydrogens (tertiary/aromatic N) is 2. The first kappa shape index (κ1) is 15.5. The maximum Gasteiger partial charge on any atom is 0.308 e. The van der Waals surface area contributed by atoms with Crippen molar-refractivity contribution in [2.75, 3.05) is 7.11 Å². The molecule has 1 aromatic carbocycles. The Morgan fingerprint density at radius 3 is 2.78 bits per heavy atom. The number of carbonyl (C=O) groups excluding carboxylic acids is 1. The van der Waals surface area contributed by atoms with E-state index in [1.54, 1.807) is 6.07 Å². The highest BCUT2D eigenvalue weighted by molar-refractivity contribution is 5.81. The predicted molar refractivity (Wildman–Crippen MR) is 84.1 cm³/mol. The van der Waals surface area contributed by atoms with Gasteiger partial charge in [-0.25, -0.2) is 4.39 Å². The molecule has 1 aliphatic carbocycles. The molecule has 0 amide bonds. The molecule has 0 saturated heterocycles. The van der Waals surface area contributed by atoms with Gasteiger partial charge in [-0.3, -0.25) is 4.79 Å². The molecule has 2 aromatic rings. The number of esters is 1. The van der Waals surface area contributed by atoms with E-state index in [9.17, 15) is 9.18 Å². The van der Waals surface area contributed by atoms with Gasteiger partial charge in [0, 0.05) is 23.6 Å². The fourth-order valence-corrected chi connectivity index (χ4v) is 3.48. The zero-order valence-corrected chi connectivity index (χ0v) is 13.1. The maximum atomic E-state index is 13.7. The Hall–Kier alpha value is -2.35. The van der Waals surface area contributed by atoms with Crippen molar-refractivity contribution in [2.24, 2.45) is 11.8 Å². The molecule has 1 heterocycles. The molecule has 1 fully saturated rings. The van der Waals surface area contributed by atoms with Crippen molar-refractivity contribution in [1.82, 2.24) is 4.57 Å². The number of hydrogen-bond acceptors (Lipinski definition) is 3. The Bertz CT molecular complexity index is 767. The van der Waals surface area contributed by atoms with Gasteiger partial charge in [0.1, 0.15) is 11.9 Å². The fraction of sp³-hybridized carbons (Fsp3) is 0.444. The van der Waals surface area contributed by atoms with Crippen LogP contribution < -0.4 is 0 Å². The number of nitriles is 1. The molecule has 0 spiro atoms. The lowest BCUT2D eigenvalue weighted by Crippen LogP contribution is -2.24. The number of aromatic nitrogens is 1. The average molecular weight is 314 g/mol. The topological polar surface area (TPSA) is 55.0 Å². The highest BCUT2D eigenvalue weighted by Gasteiger charge is 2.27. The second-order valence-electron chi connectivity index (χ2n) is 6.21. The van der Waals surface area contributed by atoms with E-state index in [0.717, 1.165) is 43.1 Å². The van der Waals surface area contributed by atoms with E-state index in [-0.39, 0.29) is 17.5 Å². The quantitative estimate of drug-likeness (QED) is 0.813. The van der Waals surface area contributed by atoms with Crippen LogP contribution in [0.3, 0.4) is 0 Å². The summed E-state index contributed by atoms with van der Waals surface area (Å²) in [6, 6.07) is 6.80. The Morgan fingerprint density at radius 1 is 1.39 bits per heavy atom. The van der Waals surface area contributed by atoms with Crippen LogP contribution in [0.5, 0.6) is 0 Å². The summed E-state index contributed by atoms with van der Waals surface area (Å²) in [4.78, 5) is 11.6. The summed E-state index contributed by atoms with van der Waals surface area (Å²) in [5.74, 6) is -0.0700. The van der Waals surface area contributed by atoms with Crippen LogP contribution in [-0.4, -0.2) is 17.6 Å². The van der Waals surface area contributed by atoms with Crippen molar-refractivity contribution in [3.8, 4) is 6.07 Å². The molecule has 120 valence electrons. The van der Waals surface area contributed by atoms with Gasteiger partial charge in [0.05, 0.1) is 18.6 Å². The number of hydrogen-bond donors (Lipinski definition) is 0. The Balaban J connectivity index is 1.73. The lowest BCUT2D eigenvalue weighted by molar-refractivity contribution is -0.146. The molecule has 5 heteroatoms. The van der Waals surface area contributed by atoms with E-state index in [4.69, 9.17) is 10.00 Å². The third-order valence-corrected chi connectivity index (χ3v) is 4.82. The second-order valence-corrected chi connectivity index (χ2v) is 6.21. The van der Waals surface area contributed by atoms with Gasteiger partial charge in [0.2, 0.25) is 0 Å². The van der Waals surface area contributed by atoms with Crippen LogP contribution in [0.2, 0.25) is 0 Å². The minimum Gasteiger partial charge on any atom is -0.469 e. The normalized spacial score (nSPS) is 21.1. The van der Waals surface area contributed by atoms with Crippen LogP contribution >= 0.6 is 0 Å². The molecule has 1 saturated carbocycles. The molecule has 0 bridgehead atoms. The monoisotopic (exact) mass is 314 g/mol. The first-order chi connectivity index (χ1) is 11.1. The Kier molecular flexibility index (Phi) is 4.33. The number of methoxy groups -OCH3 is 1. The van der Waals surface area contributed by atoms with Gasteiger partial charge in [0.15, 0.2) is 0 Å². The van der Waals surface area contributed by atoms with E-state index in [1.807, 2.05) is 18.3 Å². The lowest BCUT2D eigenvalue weighted by Gasteiger charge is -2.27. The largest absolute Gasteiger partial charge is 0.469 e. The molecule has 0 atom stereocenters. The first-order valence-electron chi connectivity index (χ1n) is 7.88. The van der Waals surface area contributed by atoms with Gasteiger partial charge >= 0.3 is 5.97 Å². The SMILES string of the molecule is COC(=O)[C@H]1CC[C@H](Cn2ccc3cc(F)c(C#N)cc32)CC1. The zero-order chi connectivity index (χ0) is 16.4. The van der Waals surface area contributed by atoms with Crippen LogP contribution in [-0.2, 0) is 16.1 Å². The number of halogens is 1.